The minimum atomic E-state index is 0.000697. The van der Waals surface area contributed by atoms with E-state index >= 15 is 0 Å². The van der Waals surface area contributed by atoms with E-state index in [-0.39, 0.29) is 5.56 Å². The highest BCUT2D eigenvalue weighted by Crippen LogP contribution is 2.28. The van der Waals surface area contributed by atoms with Crippen molar-refractivity contribution in [2.24, 2.45) is 11.8 Å². The van der Waals surface area contributed by atoms with Crippen LogP contribution >= 0.6 is 0 Å². The monoisotopic (exact) mass is 235 g/mol. The van der Waals surface area contributed by atoms with Crippen molar-refractivity contribution >= 4 is 5.82 Å². The summed E-state index contributed by atoms with van der Waals surface area (Å²) in [4.78, 5) is 16.2. The fourth-order valence-corrected chi connectivity index (χ4v) is 2.30. The topological polar surface area (TPSA) is 46.9 Å². The minimum Gasteiger partial charge on any atom is -0.363 e. The molecule has 94 valence electrons. The van der Waals surface area contributed by atoms with Crippen molar-refractivity contribution in [2.75, 3.05) is 5.32 Å². The highest BCUT2D eigenvalue weighted by atomic mass is 16.1. The van der Waals surface area contributed by atoms with E-state index in [1.807, 2.05) is 0 Å². The van der Waals surface area contributed by atoms with Gasteiger partial charge in [0.15, 0.2) is 5.82 Å². The highest BCUT2D eigenvalue weighted by molar-refractivity contribution is 5.33. The van der Waals surface area contributed by atoms with Crippen molar-refractivity contribution < 1.29 is 0 Å². The van der Waals surface area contributed by atoms with Gasteiger partial charge >= 0.3 is 0 Å². The first-order chi connectivity index (χ1) is 8.06. The van der Waals surface area contributed by atoms with Crippen molar-refractivity contribution in [3.05, 3.63) is 22.7 Å². The Bertz CT molecular complexity index is 433. The van der Waals surface area contributed by atoms with Crippen molar-refractivity contribution in [2.45, 2.75) is 46.2 Å². The second kappa shape index (κ2) is 4.90. The van der Waals surface area contributed by atoms with E-state index in [0.717, 1.165) is 25.3 Å². The number of rotatable bonds is 4. The van der Waals surface area contributed by atoms with Gasteiger partial charge in [0.1, 0.15) is 0 Å². The van der Waals surface area contributed by atoms with E-state index in [1.165, 1.54) is 0 Å². The van der Waals surface area contributed by atoms with Gasteiger partial charge in [-0.1, -0.05) is 20.8 Å². The third kappa shape index (κ3) is 2.87. The lowest BCUT2D eigenvalue weighted by Crippen LogP contribution is -2.37. The standard InChI is InChI=1S/C13H21N3O/c1-9(2)8-16-5-4-14-12(13(16)17)15-11-6-10(3)7-11/h4-5,9-11H,6-8H2,1-3H3,(H,14,15). The van der Waals surface area contributed by atoms with Crippen LogP contribution in [0.5, 0.6) is 0 Å². The maximum Gasteiger partial charge on any atom is 0.293 e. The van der Waals surface area contributed by atoms with Gasteiger partial charge in [0.05, 0.1) is 0 Å². The van der Waals surface area contributed by atoms with Crippen LogP contribution in [0.4, 0.5) is 5.82 Å². The molecule has 1 aliphatic rings. The maximum absolute atomic E-state index is 12.1. The molecule has 1 aromatic heterocycles. The normalized spacial score (nSPS) is 23.5. The summed E-state index contributed by atoms with van der Waals surface area (Å²) in [7, 11) is 0. The molecule has 1 heterocycles. The summed E-state index contributed by atoms with van der Waals surface area (Å²) < 4.78 is 1.74. The van der Waals surface area contributed by atoms with Crippen LogP contribution in [0.3, 0.4) is 0 Å². The van der Waals surface area contributed by atoms with Gasteiger partial charge in [-0.2, -0.15) is 0 Å². The summed E-state index contributed by atoms with van der Waals surface area (Å²) in [5.41, 5.74) is 0.000697. The first-order valence-corrected chi connectivity index (χ1v) is 6.38. The van der Waals surface area contributed by atoms with Gasteiger partial charge in [-0.25, -0.2) is 4.98 Å². The van der Waals surface area contributed by atoms with Crippen LogP contribution < -0.4 is 10.9 Å². The Morgan fingerprint density at radius 3 is 2.82 bits per heavy atom. The Hall–Kier alpha value is -1.32. The summed E-state index contributed by atoms with van der Waals surface area (Å²) >= 11 is 0. The lowest BCUT2D eigenvalue weighted by Gasteiger charge is -2.33. The molecular formula is C13H21N3O. The number of nitrogens with one attached hydrogen (secondary N) is 1. The SMILES string of the molecule is CC(C)Cn1ccnc(NC2CC(C)C2)c1=O. The summed E-state index contributed by atoms with van der Waals surface area (Å²) in [6.07, 6.45) is 5.74. The fourth-order valence-electron chi connectivity index (χ4n) is 2.30. The summed E-state index contributed by atoms with van der Waals surface area (Å²) in [6.45, 7) is 7.19. The summed E-state index contributed by atoms with van der Waals surface area (Å²) in [5, 5.41) is 3.25. The molecule has 0 unspecified atom stereocenters. The van der Waals surface area contributed by atoms with Gasteiger partial charge in [0.25, 0.3) is 5.56 Å². The van der Waals surface area contributed by atoms with E-state index in [9.17, 15) is 4.79 Å². The van der Waals surface area contributed by atoms with Crippen LogP contribution in [0.1, 0.15) is 33.6 Å². The van der Waals surface area contributed by atoms with Crippen LogP contribution in [0.2, 0.25) is 0 Å². The Morgan fingerprint density at radius 1 is 1.53 bits per heavy atom. The number of hydrogen-bond donors (Lipinski definition) is 1. The molecule has 0 radical (unpaired) electrons. The zero-order valence-corrected chi connectivity index (χ0v) is 10.8. The highest BCUT2D eigenvalue weighted by Gasteiger charge is 2.26. The fraction of sp³-hybridized carbons (Fsp3) is 0.692. The first-order valence-electron chi connectivity index (χ1n) is 6.38. The van der Waals surface area contributed by atoms with Gasteiger partial charge in [-0.3, -0.25) is 4.79 Å². The summed E-state index contributed by atoms with van der Waals surface area (Å²) in [6, 6.07) is 0.431. The molecule has 1 saturated carbocycles. The Labute approximate surface area is 102 Å². The third-order valence-corrected chi connectivity index (χ3v) is 3.19. The van der Waals surface area contributed by atoms with E-state index in [2.05, 4.69) is 31.1 Å². The average molecular weight is 235 g/mol. The van der Waals surface area contributed by atoms with Gasteiger partial charge in [-0.05, 0) is 24.7 Å². The van der Waals surface area contributed by atoms with Crippen LogP contribution in [0.15, 0.2) is 17.2 Å². The molecule has 4 heteroatoms. The molecule has 1 N–H and O–H groups in total. The van der Waals surface area contributed by atoms with Crippen LogP contribution in [0.25, 0.3) is 0 Å². The van der Waals surface area contributed by atoms with Crippen LogP contribution in [-0.4, -0.2) is 15.6 Å². The Kier molecular flexibility index (Phi) is 3.50. The van der Waals surface area contributed by atoms with E-state index in [4.69, 9.17) is 0 Å². The predicted molar refractivity (Wildman–Crippen MR) is 69.1 cm³/mol. The van der Waals surface area contributed by atoms with Crippen molar-refractivity contribution in [3.63, 3.8) is 0 Å². The molecule has 0 amide bonds. The molecule has 1 aromatic rings. The molecule has 0 spiro atoms. The number of anilines is 1. The van der Waals surface area contributed by atoms with Gasteiger partial charge in [0.2, 0.25) is 0 Å². The second-order valence-electron chi connectivity index (χ2n) is 5.55. The largest absolute Gasteiger partial charge is 0.363 e. The zero-order chi connectivity index (χ0) is 12.4. The average Bonchev–Trinajstić information content (AvgIpc) is 2.21. The predicted octanol–water partition coefficient (Wildman–Crippen LogP) is 2.11. The van der Waals surface area contributed by atoms with Crippen molar-refractivity contribution in [1.29, 1.82) is 0 Å². The summed E-state index contributed by atoms with van der Waals surface area (Å²) in [5.74, 6) is 1.74. The van der Waals surface area contributed by atoms with E-state index < -0.39 is 0 Å². The molecule has 0 bridgehead atoms. The molecule has 0 saturated heterocycles. The molecular weight excluding hydrogens is 214 g/mol. The Morgan fingerprint density at radius 2 is 2.24 bits per heavy atom. The maximum atomic E-state index is 12.1. The third-order valence-electron chi connectivity index (χ3n) is 3.19. The lowest BCUT2D eigenvalue weighted by atomic mass is 9.82. The van der Waals surface area contributed by atoms with Crippen LogP contribution in [-0.2, 0) is 6.54 Å². The minimum absolute atomic E-state index is 0.000697. The molecule has 0 atom stereocenters. The zero-order valence-electron chi connectivity index (χ0n) is 10.8. The van der Waals surface area contributed by atoms with Crippen molar-refractivity contribution in [1.82, 2.24) is 9.55 Å². The van der Waals surface area contributed by atoms with E-state index in [0.29, 0.717) is 17.8 Å². The van der Waals surface area contributed by atoms with Crippen molar-refractivity contribution in [3.8, 4) is 0 Å². The lowest BCUT2D eigenvalue weighted by molar-refractivity contribution is 0.308. The van der Waals surface area contributed by atoms with Gasteiger partial charge in [0, 0.05) is 25.0 Å². The molecule has 4 nitrogen and oxygen atoms in total. The number of hydrogen-bond acceptors (Lipinski definition) is 3. The number of aromatic nitrogens is 2. The molecule has 2 rings (SSSR count). The molecule has 0 aromatic carbocycles. The number of nitrogens with zero attached hydrogens (tertiary/aromatic N) is 2. The smallest absolute Gasteiger partial charge is 0.293 e. The first kappa shape index (κ1) is 12.1. The van der Waals surface area contributed by atoms with Gasteiger partial charge in [-0.15, -0.1) is 0 Å². The molecule has 1 fully saturated rings. The molecule has 0 aliphatic heterocycles. The van der Waals surface area contributed by atoms with Crippen LogP contribution in [0, 0.1) is 11.8 Å². The quantitative estimate of drug-likeness (QED) is 0.869. The second-order valence-corrected chi connectivity index (χ2v) is 5.55. The Balaban J connectivity index is 2.09. The molecule has 1 aliphatic carbocycles. The van der Waals surface area contributed by atoms with Gasteiger partial charge < -0.3 is 9.88 Å². The molecule has 17 heavy (non-hydrogen) atoms. The van der Waals surface area contributed by atoms with E-state index in [1.54, 1.807) is 17.0 Å².